The number of fused-ring (bicyclic) bond motifs is 1. The summed E-state index contributed by atoms with van der Waals surface area (Å²) in [5.41, 5.74) is 6.08. The van der Waals surface area contributed by atoms with Crippen LogP contribution in [0.2, 0.25) is 0 Å². The van der Waals surface area contributed by atoms with E-state index in [9.17, 15) is 9.59 Å². The summed E-state index contributed by atoms with van der Waals surface area (Å²) in [6.45, 7) is 0.216. The van der Waals surface area contributed by atoms with Gasteiger partial charge in [-0.25, -0.2) is 0 Å². The number of para-hydroxylation sites is 1. The number of hydrogen-bond acceptors (Lipinski definition) is 4. The van der Waals surface area contributed by atoms with Crippen LogP contribution < -0.4 is 21.1 Å². The molecule has 2 rings (SSSR count). The molecule has 1 unspecified atom stereocenters. The van der Waals surface area contributed by atoms with Gasteiger partial charge in [-0.3, -0.25) is 9.59 Å². The second kappa shape index (κ2) is 6.96. The quantitative estimate of drug-likeness (QED) is 0.710. The van der Waals surface area contributed by atoms with E-state index >= 15 is 0 Å². The van der Waals surface area contributed by atoms with Crippen molar-refractivity contribution in [2.45, 2.75) is 6.04 Å². The Kier molecular flexibility index (Phi) is 5.59. The van der Waals surface area contributed by atoms with E-state index in [1.165, 1.54) is 0 Å². The number of halogens is 1. The number of rotatable bonds is 4. The van der Waals surface area contributed by atoms with Crippen LogP contribution in [-0.2, 0) is 9.59 Å². The largest absolute Gasteiger partial charge is 0.491 e. The molecular formula is C12H16ClN3O3. The minimum absolute atomic E-state index is 0. The summed E-state index contributed by atoms with van der Waals surface area (Å²) in [5.74, 6) is 0.170. The summed E-state index contributed by atoms with van der Waals surface area (Å²) >= 11 is 0. The zero-order chi connectivity index (χ0) is 13.0. The van der Waals surface area contributed by atoms with E-state index < -0.39 is 0 Å². The highest BCUT2D eigenvalue weighted by Gasteiger charge is 2.24. The van der Waals surface area contributed by atoms with Crippen LogP contribution in [0.15, 0.2) is 24.3 Å². The number of hydrogen-bond donors (Lipinski definition) is 3. The maximum absolute atomic E-state index is 11.6. The Hall–Kier alpha value is -1.79. The number of benzene rings is 1. The maximum atomic E-state index is 11.6. The van der Waals surface area contributed by atoms with Crippen LogP contribution >= 0.6 is 12.4 Å². The molecular weight excluding hydrogens is 270 g/mol. The van der Waals surface area contributed by atoms with Crippen molar-refractivity contribution in [1.29, 1.82) is 0 Å². The number of nitrogens with one attached hydrogen (secondary N) is 2. The smallest absolute Gasteiger partial charge is 0.240 e. The van der Waals surface area contributed by atoms with Gasteiger partial charge in [-0.2, -0.15) is 0 Å². The predicted octanol–water partition coefficient (Wildman–Crippen LogP) is -0.267. The van der Waals surface area contributed by atoms with Crippen LogP contribution in [0.5, 0.6) is 5.75 Å². The summed E-state index contributed by atoms with van der Waals surface area (Å²) < 4.78 is 5.44. The first-order chi connectivity index (χ1) is 8.70. The average molecular weight is 286 g/mol. The fourth-order valence-electron chi connectivity index (χ4n) is 1.78. The zero-order valence-electron chi connectivity index (χ0n) is 10.2. The summed E-state index contributed by atoms with van der Waals surface area (Å²) in [6.07, 6.45) is 0. The molecule has 1 aliphatic rings. The molecule has 0 spiro atoms. The van der Waals surface area contributed by atoms with Gasteiger partial charge in [0.05, 0.1) is 19.1 Å². The Bertz CT molecular complexity index is 467. The van der Waals surface area contributed by atoms with Gasteiger partial charge in [0.25, 0.3) is 0 Å². The lowest BCUT2D eigenvalue weighted by Crippen LogP contribution is -2.41. The normalized spacial score (nSPS) is 15.7. The van der Waals surface area contributed by atoms with Crippen molar-refractivity contribution in [1.82, 2.24) is 10.6 Å². The molecule has 19 heavy (non-hydrogen) atoms. The molecule has 0 radical (unpaired) electrons. The Morgan fingerprint density at radius 2 is 2.05 bits per heavy atom. The molecule has 4 N–H and O–H groups in total. The minimum Gasteiger partial charge on any atom is -0.491 e. The molecule has 1 aromatic carbocycles. The number of carbonyl (C=O) groups excluding carboxylic acids is 2. The van der Waals surface area contributed by atoms with Crippen molar-refractivity contribution in [3.63, 3.8) is 0 Å². The molecule has 6 nitrogen and oxygen atoms in total. The highest BCUT2D eigenvalue weighted by molar-refractivity contribution is 5.86. The van der Waals surface area contributed by atoms with Gasteiger partial charge in [-0.05, 0) is 6.07 Å². The van der Waals surface area contributed by atoms with Gasteiger partial charge >= 0.3 is 0 Å². The third kappa shape index (κ3) is 3.84. The van der Waals surface area contributed by atoms with E-state index in [1.807, 2.05) is 24.3 Å². The standard InChI is InChI=1S/C12H15N3O3.ClH/c13-5-11(16)14-6-12(17)15-9-7-18-10-4-2-1-3-8(9)10;/h1-4,9H,5-7,13H2,(H,14,16)(H,15,17);1H. The fourth-order valence-corrected chi connectivity index (χ4v) is 1.78. The average Bonchev–Trinajstić information content (AvgIpc) is 2.79. The zero-order valence-corrected chi connectivity index (χ0v) is 11.0. The van der Waals surface area contributed by atoms with Crippen LogP contribution in [-0.4, -0.2) is 31.5 Å². The minimum atomic E-state index is -0.353. The summed E-state index contributed by atoms with van der Waals surface area (Å²) in [6, 6.07) is 7.38. The van der Waals surface area contributed by atoms with Crippen molar-refractivity contribution in [2.75, 3.05) is 19.7 Å². The van der Waals surface area contributed by atoms with Crippen LogP contribution in [0.1, 0.15) is 11.6 Å². The maximum Gasteiger partial charge on any atom is 0.240 e. The summed E-state index contributed by atoms with van der Waals surface area (Å²) in [5, 5.41) is 5.21. The Labute approximate surface area is 117 Å². The molecule has 0 saturated carbocycles. The first-order valence-corrected chi connectivity index (χ1v) is 5.68. The van der Waals surface area contributed by atoms with Gasteiger partial charge in [0, 0.05) is 5.56 Å². The number of nitrogens with two attached hydrogens (primary N) is 1. The number of amides is 2. The molecule has 1 aromatic rings. The van der Waals surface area contributed by atoms with Crippen molar-refractivity contribution >= 4 is 24.2 Å². The van der Waals surface area contributed by atoms with E-state index in [1.54, 1.807) is 0 Å². The summed E-state index contributed by atoms with van der Waals surface area (Å²) in [7, 11) is 0. The predicted molar refractivity (Wildman–Crippen MR) is 72.1 cm³/mol. The highest BCUT2D eigenvalue weighted by atomic mass is 35.5. The van der Waals surface area contributed by atoms with Crippen molar-refractivity contribution in [2.24, 2.45) is 5.73 Å². The van der Waals surface area contributed by atoms with Gasteiger partial charge in [0.1, 0.15) is 12.4 Å². The lowest BCUT2D eigenvalue weighted by Gasteiger charge is -2.11. The van der Waals surface area contributed by atoms with Crippen molar-refractivity contribution < 1.29 is 14.3 Å². The molecule has 1 atom stereocenters. The van der Waals surface area contributed by atoms with Crippen LogP contribution in [0.4, 0.5) is 0 Å². The van der Waals surface area contributed by atoms with Crippen LogP contribution in [0.3, 0.4) is 0 Å². The SMILES string of the molecule is Cl.NCC(=O)NCC(=O)NC1COc2ccccc21. The van der Waals surface area contributed by atoms with Gasteiger partial charge in [0.15, 0.2) is 0 Å². The molecule has 1 heterocycles. The van der Waals surface area contributed by atoms with Crippen molar-refractivity contribution in [3.8, 4) is 5.75 Å². The highest BCUT2D eigenvalue weighted by Crippen LogP contribution is 2.31. The molecule has 0 aromatic heterocycles. The fraction of sp³-hybridized carbons (Fsp3) is 0.333. The third-order valence-electron chi connectivity index (χ3n) is 2.67. The van der Waals surface area contributed by atoms with Gasteiger partial charge in [-0.1, -0.05) is 18.2 Å². The molecule has 7 heteroatoms. The topological polar surface area (TPSA) is 93.5 Å². The Morgan fingerprint density at radius 1 is 1.32 bits per heavy atom. The third-order valence-corrected chi connectivity index (χ3v) is 2.67. The second-order valence-electron chi connectivity index (χ2n) is 3.95. The lowest BCUT2D eigenvalue weighted by molar-refractivity contribution is -0.125. The van der Waals surface area contributed by atoms with E-state index in [0.29, 0.717) is 6.61 Å². The molecule has 2 amide bonds. The van der Waals surface area contributed by atoms with Crippen LogP contribution in [0.25, 0.3) is 0 Å². The molecule has 0 bridgehead atoms. The van der Waals surface area contributed by atoms with E-state index in [0.717, 1.165) is 11.3 Å². The van der Waals surface area contributed by atoms with Crippen LogP contribution in [0, 0.1) is 0 Å². The van der Waals surface area contributed by atoms with Gasteiger partial charge < -0.3 is 21.1 Å². The number of carbonyl (C=O) groups is 2. The Morgan fingerprint density at radius 3 is 2.79 bits per heavy atom. The van der Waals surface area contributed by atoms with Gasteiger partial charge in [0.2, 0.25) is 11.8 Å². The number of ether oxygens (including phenoxy) is 1. The van der Waals surface area contributed by atoms with E-state index in [4.69, 9.17) is 10.5 Å². The molecule has 104 valence electrons. The second-order valence-corrected chi connectivity index (χ2v) is 3.95. The molecule has 0 fully saturated rings. The van der Waals surface area contributed by atoms with Gasteiger partial charge in [-0.15, -0.1) is 12.4 Å². The van der Waals surface area contributed by atoms with E-state index in [2.05, 4.69) is 10.6 Å². The molecule has 0 saturated heterocycles. The molecule has 1 aliphatic heterocycles. The lowest BCUT2D eigenvalue weighted by atomic mass is 10.1. The summed E-state index contributed by atoms with van der Waals surface area (Å²) in [4.78, 5) is 22.5. The van der Waals surface area contributed by atoms with Crippen molar-refractivity contribution in [3.05, 3.63) is 29.8 Å². The monoisotopic (exact) mass is 285 g/mol. The van der Waals surface area contributed by atoms with E-state index in [-0.39, 0.29) is 43.4 Å². The Balaban J connectivity index is 0.00000180. The first kappa shape index (κ1) is 15.3. The molecule has 0 aliphatic carbocycles. The first-order valence-electron chi connectivity index (χ1n) is 5.68.